The molecule has 0 aromatic carbocycles. The molecule has 0 fully saturated rings. The van der Waals surface area contributed by atoms with Crippen LogP contribution in [0, 0.1) is 0 Å². The quantitative estimate of drug-likeness (QED) is 0.553. The van der Waals surface area contributed by atoms with Crippen molar-refractivity contribution >= 4 is 16.8 Å². The fourth-order valence-corrected chi connectivity index (χ4v) is 1.11. The molecule has 0 heterocycles. The van der Waals surface area contributed by atoms with Gasteiger partial charge in [-0.2, -0.15) is 8.78 Å². The molecule has 14 heavy (non-hydrogen) atoms. The van der Waals surface area contributed by atoms with Gasteiger partial charge in [0, 0.05) is 0 Å². The Morgan fingerprint density at radius 3 is 2.29 bits per heavy atom. The van der Waals surface area contributed by atoms with Gasteiger partial charge in [0.05, 0.1) is 12.0 Å². The van der Waals surface area contributed by atoms with Gasteiger partial charge in [-0.1, -0.05) is 0 Å². The fraction of sp³-hybridized carbons (Fsp3) is 0.286. The summed E-state index contributed by atoms with van der Waals surface area (Å²) in [6.45, 7) is 0. The molecule has 0 radical (unpaired) electrons. The summed E-state index contributed by atoms with van der Waals surface area (Å²) < 4.78 is 51.1. The van der Waals surface area contributed by atoms with Gasteiger partial charge in [0.15, 0.2) is 11.7 Å². The second-order valence-corrected chi connectivity index (χ2v) is 3.02. The largest absolute Gasteiger partial charge is 0.395 e. The molecule has 0 amide bonds. The highest BCUT2D eigenvalue weighted by Gasteiger charge is 2.44. The third-order valence-corrected chi connectivity index (χ3v) is 1.95. The van der Waals surface area contributed by atoms with E-state index in [9.17, 15) is 22.4 Å². The Labute approximate surface area is 81.0 Å². The van der Waals surface area contributed by atoms with Crippen molar-refractivity contribution in [1.29, 1.82) is 0 Å². The van der Waals surface area contributed by atoms with Crippen LogP contribution in [-0.4, -0.2) is 11.2 Å². The third kappa shape index (κ3) is 1.61. The Kier molecular flexibility index (Phi) is 2.58. The summed E-state index contributed by atoms with van der Waals surface area (Å²) >= 11 is 4.79. The van der Waals surface area contributed by atoms with Gasteiger partial charge in [-0.3, -0.25) is 4.79 Å². The molecular formula is C7H4ClF4NO. The van der Waals surface area contributed by atoms with Gasteiger partial charge in [0.2, 0.25) is 0 Å². The van der Waals surface area contributed by atoms with Crippen molar-refractivity contribution in [2.24, 2.45) is 5.73 Å². The van der Waals surface area contributed by atoms with Crippen LogP contribution in [-0.2, 0) is 4.79 Å². The highest BCUT2D eigenvalue weighted by molar-refractivity contribution is 6.67. The van der Waals surface area contributed by atoms with E-state index in [1.165, 1.54) is 0 Å². The molecule has 1 aliphatic rings. The van der Waals surface area contributed by atoms with Gasteiger partial charge < -0.3 is 5.73 Å². The SMILES string of the molecule is NC1=C(F)C(F)=C(C(=O)Cl)CC1(F)F. The monoisotopic (exact) mass is 229 g/mol. The van der Waals surface area contributed by atoms with Crippen molar-refractivity contribution in [3.05, 3.63) is 22.9 Å². The molecule has 0 aliphatic heterocycles. The Balaban J connectivity index is 3.30. The summed E-state index contributed by atoms with van der Waals surface area (Å²) in [6, 6.07) is 0. The summed E-state index contributed by atoms with van der Waals surface area (Å²) in [6.07, 6.45) is -1.32. The minimum atomic E-state index is -3.78. The first-order valence-corrected chi connectivity index (χ1v) is 3.77. The highest BCUT2D eigenvalue weighted by Crippen LogP contribution is 2.40. The maximum atomic E-state index is 12.8. The van der Waals surface area contributed by atoms with Crippen LogP contribution in [0.25, 0.3) is 0 Å². The number of carbonyl (C=O) groups excluding carboxylic acids is 1. The summed E-state index contributed by atoms with van der Waals surface area (Å²) in [5.74, 6) is -7.42. The van der Waals surface area contributed by atoms with Crippen LogP contribution < -0.4 is 5.73 Å². The first kappa shape index (κ1) is 11.0. The van der Waals surface area contributed by atoms with Gasteiger partial charge >= 0.3 is 0 Å². The molecule has 1 aliphatic carbocycles. The zero-order valence-electron chi connectivity index (χ0n) is 6.58. The lowest BCUT2D eigenvalue weighted by Gasteiger charge is -2.22. The number of halogens is 5. The van der Waals surface area contributed by atoms with E-state index >= 15 is 0 Å². The molecule has 0 saturated heterocycles. The van der Waals surface area contributed by atoms with Gasteiger partial charge in [0.25, 0.3) is 11.2 Å². The van der Waals surface area contributed by atoms with Crippen LogP contribution in [0.3, 0.4) is 0 Å². The molecule has 0 saturated carbocycles. The molecule has 78 valence electrons. The zero-order valence-corrected chi connectivity index (χ0v) is 7.34. The first-order chi connectivity index (χ1) is 6.27. The Morgan fingerprint density at radius 2 is 1.86 bits per heavy atom. The number of hydrogen-bond donors (Lipinski definition) is 1. The van der Waals surface area contributed by atoms with E-state index in [-0.39, 0.29) is 0 Å². The number of nitrogens with two attached hydrogens (primary N) is 1. The van der Waals surface area contributed by atoms with Crippen LogP contribution in [0.15, 0.2) is 22.9 Å². The second kappa shape index (κ2) is 3.27. The highest BCUT2D eigenvalue weighted by atomic mass is 35.5. The van der Waals surface area contributed by atoms with Crippen molar-refractivity contribution in [2.75, 3.05) is 0 Å². The second-order valence-electron chi connectivity index (χ2n) is 2.68. The van der Waals surface area contributed by atoms with Crippen LogP contribution >= 0.6 is 11.6 Å². The third-order valence-electron chi connectivity index (χ3n) is 1.72. The van der Waals surface area contributed by atoms with E-state index in [2.05, 4.69) is 5.73 Å². The molecule has 0 bridgehead atoms. The topological polar surface area (TPSA) is 43.1 Å². The van der Waals surface area contributed by atoms with Crippen molar-refractivity contribution in [2.45, 2.75) is 12.3 Å². The first-order valence-electron chi connectivity index (χ1n) is 3.39. The zero-order chi connectivity index (χ0) is 11.1. The Hall–Kier alpha value is -1.04. The van der Waals surface area contributed by atoms with E-state index in [1.807, 2.05) is 0 Å². The summed E-state index contributed by atoms with van der Waals surface area (Å²) in [5, 5.41) is -1.45. The average Bonchev–Trinajstić information content (AvgIpc) is 2.08. The lowest BCUT2D eigenvalue weighted by Crippen LogP contribution is -2.31. The maximum absolute atomic E-state index is 12.8. The van der Waals surface area contributed by atoms with Crippen molar-refractivity contribution in [3.63, 3.8) is 0 Å². The molecule has 2 N–H and O–H groups in total. The molecular weight excluding hydrogens is 226 g/mol. The predicted octanol–water partition coefficient (Wildman–Crippen LogP) is 2.15. The molecule has 1 rings (SSSR count). The Bertz CT molecular complexity index is 361. The number of hydrogen-bond acceptors (Lipinski definition) is 2. The summed E-state index contributed by atoms with van der Waals surface area (Å²) in [7, 11) is 0. The minimum absolute atomic E-state index is 1.09. The molecule has 0 unspecified atom stereocenters. The lowest BCUT2D eigenvalue weighted by atomic mass is 9.98. The van der Waals surface area contributed by atoms with Gasteiger partial charge in [0.1, 0.15) is 5.70 Å². The molecule has 0 atom stereocenters. The van der Waals surface area contributed by atoms with Gasteiger partial charge in [-0.05, 0) is 11.6 Å². The molecule has 0 aromatic heterocycles. The summed E-state index contributed by atoms with van der Waals surface area (Å²) in [4.78, 5) is 10.5. The van der Waals surface area contributed by atoms with E-state index < -0.39 is 40.5 Å². The van der Waals surface area contributed by atoms with Crippen LogP contribution in [0.2, 0.25) is 0 Å². The van der Waals surface area contributed by atoms with Crippen LogP contribution in [0.1, 0.15) is 6.42 Å². The smallest absolute Gasteiger partial charge is 0.294 e. The van der Waals surface area contributed by atoms with E-state index in [0.717, 1.165) is 0 Å². The number of rotatable bonds is 1. The predicted molar refractivity (Wildman–Crippen MR) is 40.9 cm³/mol. The van der Waals surface area contributed by atoms with Crippen LogP contribution in [0.5, 0.6) is 0 Å². The van der Waals surface area contributed by atoms with Crippen molar-refractivity contribution in [3.8, 4) is 0 Å². The van der Waals surface area contributed by atoms with E-state index in [4.69, 9.17) is 11.6 Å². The maximum Gasteiger partial charge on any atom is 0.294 e. The Morgan fingerprint density at radius 1 is 1.36 bits per heavy atom. The number of carbonyl (C=O) groups is 1. The molecule has 0 aromatic rings. The van der Waals surface area contributed by atoms with Crippen LogP contribution in [0.4, 0.5) is 17.6 Å². The lowest BCUT2D eigenvalue weighted by molar-refractivity contribution is -0.109. The standard InChI is InChI=1S/C7H4ClF4NO/c8-6(14)2-1-7(11,12)5(13)4(10)3(2)9/h1,13H2. The van der Waals surface area contributed by atoms with E-state index in [1.54, 1.807) is 0 Å². The fourth-order valence-electron chi connectivity index (χ4n) is 0.962. The molecule has 0 spiro atoms. The van der Waals surface area contributed by atoms with Gasteiger partial charge in [-0.15, -0.1) is 0 Å². The van der Waals surface area contributed by atoms with Gasteiger partial charge in [-0.25, -0.2) is 8.78 Å². The van der Waals surface area contributed by atoms with Crippen molar-refractivity contribution in [1.82, 2.24) is 0 Å². The minimum Gasteiger partial charge on any atom is -0.395 e. The number of alkyl halides is 2. The molecule has 7 heteroatoms. The normalized spacial score (nSPS) is 21.5. The van der Waals surface area contributed by atoms with E-state index in [0.29, 0.717) is 0 Å². The summed E-state index contributed by atoms with van der Waals surface area (Å²) in [5.41, 5.74) is 2.02. The average molecular weight is 230 g/mol. The van der Waals surface area contributed by atoms with Crippen molar-refractivity contribution < 1.29 is 22.4 Å². The number of allylic oxidation sites excluding steroid dienone is 4. The molecule has 2 nitrogen and oxygen atoms in total.